The molecule has 1 fully saturated rings. The van der Waals surface area contributed by atoms with Gasteiger partial charge < -0.3 is 10.1 Å². The fraction of sp³-hybridized carbons (Fsp3) is 0.350. The number of carbonyl (C=O) groups is 1. The molecule has 2 aromatic carbocycles. The molecule has 0 aromatic heterocycles. The van der Waals surface area contributed by atoms with Gasteiger partial charge in [-0.15, -0.1) is 0 Å². The molecule has 0 spiro atoms. The van der Waals surface area contributed by atoms with E-state index in [0.29, 0.717) is 11.4 Å². The summed E-state index contributed by atoms with van der Waals surface area (Å²) in [5.41, 5.74) is 2.31. The Hall–Kier alpha value is -2.04. The lowest BCUT2D eigenvalue weighted by Crippen LogP contribution is -2.44. The summed E-state index contributed by atoms with van der Waals surface area (Å²) in [5, 5.41) is 3.82. The van der Waals surface area contributed by atoms with Crippen LogP contribution in [0.25, 0.3) is 0 Å². The number of hydrogen-bond acceptors (Lipinski definition) is 3. The van der Waals surface area contributed by atoms with Gasteiger partial charge in [-0.25, -0.2) is 0 Å². The smallest absolute Gasteiger partial charge is 0.261 e. The van der Waals surface area contributed by atoms with Gasteiger partial charge in [0.2, 0.25) is 0 Å². The van der Waals surface area contributed by atoms with E-state index in [1.54, 1.807) is 6.07 Å². The normalized spacial score (nSPS) is 22.4. The van der Waals surface area contributed by atoms with Gasteiger partial charge in [-0.3, -0.25) is 9.69 Å². The average molecular weight is 357 g/mol. The molecule has 0 bridgehead atoms. The molecule has 1 saturated heterocycles. The summed E-state index contributed by atoms with van der Waals surface area (Å²) >= 11 is 6.01. The van der Waals surface area contributed by atoms with Gasteiger partial charge in [0.1, 0.15) is 5.75 Å². The minimum absolute atomic E-state index is 0.0288. The van der Waals surface area contributed by atoms with Crippen LogP contribution in [0.4, 0.5) is 0 Å². The van der Waals surface area contributed by atoms with Crippen LogP contribution in [-0.4, -0.2) is 36.0 Å². The van der Waals surface area contributed by atoms with Crippen molar-refractivity contribution in [2.45, 2.75) is 31.5 Å². The third-order valence-electron chi connectivity index (χ3n) is 4.86. The van der Waals surface area contributed by atoms with Gasteiger partial charge in [-0.05, 0) is 35.7 Å². The van der Waals surface area contributed by atoms with Crippen molar-refractivity contribution >= 4 is 17.5 Å². The van der Waals surface area contributed by atoms with E-state index in [2.05, 4.69) is 34.5 Å². The summed E-state index contributed by atoms with van der Waals surface area (Å²) in [6, 6.07) is 16.1. The number of likely N-dealkylation sites (tertiary alicyclic amines) is 1. The zero-order valence-corrected chi connectivity index (χ0v) is 14.7. The highest BCUT2D eigenvalue weighted by Gasteiger charge is 2.32. The minimum atomic E-state index is -0.448. The molecule has 130 valence electrons. The zero-order chi connectivity index (χ0) is 17.2. The fourth-order valence-corrected chi connectivity index (χ4v) is 3.79. The molecule has 0 aliphatic carbocycles. The lowest BCUT2D eigenvalue weighted by molar-refractivity contribution is -0.127. The van der Waals surface area contributed by atoms with Crippen LogP contribution < -0.4 is 10.1 Å². The number of rotatable bonds is 4. The zero-order valence-electron chi connectivity index (χ0n) is 14.0. The largest absolute Gasteiger partial charge is 0.480 e. The van der Waals surface area contributed by atoms with Crippen molar-refractivity contribution < 1.29 is 9.53 Å². The highest BCUT2D eigenvalue weighted by Crippen LogP contribution is 2.31. The maximum absolute atomic E-state index is 12.5. The lowest BCUT2D eigenvalue weighted by Gasteiger charge is -2.18. The van der Waals surface area contributed by atoms with Gasteiger partial charge >= 0.3 is 0 Å². The van der Waals surface area contributed by atoms with Crippen molar-refractivity contribution in [1.29, 1.82) is 0 Å². The molecule has 2 aliphatic rings. The van der Waals surface area contributed by atoms with Gasteiger partial charge in [0, 0.05) is 37.1 Å². The third-order valence-corrected chi connectivity index (χ3v) is 5.09. The molecule has 2 aromatic rings. The summed E-state index contributed by atoms with van der Waals surface area (Å²) in [6.07, 6.45) is 1.11. The Morgan fingerprint density at radius 1 is 1.24 bits per heavy atom. The van der Waals surface area contributed by atoms with Crippen molar-refractivity contribution in [2.24, 2.45) is 0 Å². The number of carbonyl (C=O) groups excluding carboxylic acids is 1. The van der Waals surface area contributed by atoms with Crippen LogP contribution in [-0.2, 0) is 17.8 Å². The van der Waals surface area contributed by atoms with Crippen LogP contribution in [0.1, 0.15) is 17.5 Å². The van der Waals surface area contributed by atoms with Gasteiger partial charge in [0.25, 0.3) is 5.91 Å². The molecular formula is C20H21ClN2O2. The molecule has 2 atom stereocenters. The molecule has 2 aliphatic heterocycles. The first-order valence-corrected chi connectivity index (χ1v) is 9.07. The molecule has 0 saturated carbocycles. The summed E-state index contributed by atoms with van der Waals surface area (Å²) in [6.45, 7) is 2.81. The highest BCUT2D eigenvalue weighted by molar-refractivity contribution is 6.30. The number of amides is 1. The van der Waals surface area contributed by atoms with Crippen LogP contribution in [0, 0.1) is 0 Å². The van der Waals surface area contributed by atoms with E-state index in [1.807, 2.05) is 18.2 Å². The van der Waals surface area contributed by atoms with Crippen LogP contribution in [0.5, 0.6) is 5.75 Å². The number of halogens is 1. The second-order valence-electron chi connectivity index (χ2n) is 6.78. The quantitative estimate of drug-likeness (QED) is 0.915. The Labute approximate surface area is 152 Å². The molecule has 25 heavy (non-hydrogen) atoms. The molecule has 0 radical (unpaired) electrons. The fourth-order valence-electron chi connectivity index (χ4n) is 3.59. The monoisotopic (exact) mass is 356 g/mol. The molecule has 4 rings (SSSR count). The summed E-state index contributed by atoms with van der Waals surface area (Å²) < 4.78 is 5.77. The molecular weight excluding hydrogens is 336 g/mol. The predicted molar refractivity (Wildman–Crippen MR) is 97.8 cm³/mol. The third kappa shape index (κ3) is 3.80. The molecule has 2 heterocycles. The van der Waals surface area contributed by atoms with Gasteiger partial charge in [0.15, 0.2) is 6.10 Å². The number of nitrogens with zero attached hydrogens (tertiary/aromatic N) is 1. The Bertz CT molecular complexity index is 766. The van der Waals surface area contributed by atoms with Crippen molar-refractivity contribution in [2.75, 3.05) is 13.1 Å². The number of ether oxygens (including phenoxy) is 1. The van der Waals surface area contributed by atoms with Crippen molar-refractivity contribution in [3.05, 3.63) is 64.7 Å². The van der Waals surface area contributed by atoms with Gasteiger partial charge in [-0.1, -0.05) is 41.9 Å². The van der Waals surface area contributed by atoms with E-state index in [0.717, 1.165) is 37.4 Å². The second kappa shape index (κ2) is 7.06. The summed E-state index contributed by atoms with van der Waals surface area (Å²) in [7, 11) is 0. The standard InChI is InChI=1S/C20H21ClN2O2/c21-16-6-7-18-15(10-16)11-19(25-18)20(24)22-17-8-9-23(13-17)12-14-4-2-1-3-5-14/h1-7,10,17,19H,8-9,11-13H2,(H,22,24)/t17-,19+/m1/s1. The molecule has 0 unspecified atom stereocenters. The van der Waals surface area contributed by atoms with E-state index < -0.39 is 6.10 Å². The van der Waals surface area contributed by atoms with E-state index >= 15 is 0 Å². The van der Waals surface area contributed by atoms with Crippen LogP contribution in [0.15, 0.2) is 48.5 Å². The minimum Gasteiger partial charge on any atom is -0.480 e. The first-order chi connectivity index (χ1) is 12.2. The van der Waals surface area contributed by atoms with Crippen molar-refractivity contribution in [1.82, 2.24) is 10.2 Å². The van der Waals surface area contributed by atoms with E-state index in [9.17, 15) is 4.79 Å². The van der Waals surface area contributed by atoms with Gasteiger partial charge in [-0.2, -0.15) is 0 Å². The topological polar surface area (TPSA) is 41.6 Å². The Balaban J connectivity index is 1.29. The van der Waals surface area contributed by atoms with Gasteiger partial charge in [0.05, 0.1) is 0 Å². The Morgan fingerprint density at radius 3 is 2.92 bits per heavy atom. The Kier molecular flexibility index (Phi) is 4.64. The second-order valence-corrected chi connectivity index (χ2v) is 7.21. The number of hydrogen-bond donors (Lipinski definition) is 1. The first-order valence-electron chi connectivity index (χ1n) is 8.69. The molecule has 1 amide bonds. The predicted octanol–water partition coefficient (Wildman–Crippen LogP) is 3.03. The summed E-state index contributed by atoms with van der Waals surface area (Å²) in [4.78, 5) is 14.9. The van der Waals surface area contributed by atoms with E-state index in [1.165, 1.54) is 5.56 Å². The molecule has 5 heteroatoms. The average Bonchev–Trinajstić information content (AvgIpc) is 3.22. The van der Waals surface area contributed by atoms with Crippen LogP contribution in [0.2, 0.25) is 5.02 Å². The number of benzene rings is 2. The van der Waals surface area contributed by atoms with Crippen LogP contribution in [0.3, 0.4) is 0 Å². The molecule has 4 nitrogen and oxygen atoms in total. The maximum Gasteiger partial charge on any atom is 0.261 e. The van der Waals surface area contributed by atoms with Crippen LogP contribution >= 0.6 is 11.6 Å². The summed E-state index contributed by atoms with van der Waals surface area (Å²) in [5.74, 6) is 0.737. The molecule has 1 N–H and O–H groups in total. The van der Waals surface area contributed by atoms with Crippen molar-refractivity contribution in [3.63, 3.8) is 0 Å². The first kappa shape index (κ1) is 16.4. The maximum atomic E-state index is 12.5. The van der Waals surface area contributed by atoms with E-state index in [4.69, 9.17) is 16.3 Å². The number of fused-ring (bicyclic) bond motifs is 1. The SMILES string of the molecule is O=C(N[C@@H]1CCN(Cc2ccccc2)C1)[C@@H]1Cc2cc(Cl)ccc2O1. The van der Waals surface area contributed by atoms with Crippen molar-refractivity contribution in [3.8, 4) is 5.75 Å². The number of nitrogens with one attached hydrogen (secondary N) is 1. The Morgan fingerprint density at radius 2 is 2.08 bits per heavy atom. The lowest BCUT2D eigenvalue weighted by atomic mass is 10.1. The van der Waals surface area contributed by atoms with E-state index in [-0.39, 0.29) is 11.9 Å². The highest BCUT2D eigenvalue weighted by atomic mass is 35.5.